The third kappa shape index (κ3) is 10.4. The largest absolute Gasteiger partial charge is 0.478 e. The van der Waals surface area contributed by atoms with Crippen molar-refractivity contribution in [1.82, 2.24) is 28.2 Å². The van der Waals surface area contributed by atoms with E-state index in [1.165, 1.54) is 40.3 Å². The highest BCUT2D eigenvalue weighted by atomic mass is 35.5. The van der Waals surface area contributed by atoms with Gasteiger partial charge >= 0.3 is 28.7 Å². The van der Waals surface area contributed by atoms with Gasteiger partial charge in [0.2, 0.25) is 11.9 Å². The summed E-state index contributed by atoms with van der Waals surface area (Å²) in [5.74, 6) is -0.903. The molecule has 58 heavy (non-hydrogen) atoms. The topological polar surface area (TPSA) is 192 Å². The van der Waals surface area contributed by atoms with Crippen LogP contribution in [-0.2, 0) is 13.1 Å². The molecule has 6 aromatic rings. The molecule has 0 aliphatic carbocycles. The quantitative estimate of drug-likeness (QED) is 0.110. The Bertz CT molecular complexity index is 2480. The zero-order valence-electron chi connectivity index (χ0n) is 32.1. The van der Waals surface area contributed by atoms with Crippen molar-refractivity contribution in [2.75, 3.05) is 10.6 Å². The van der Waals surface area contributed by atoms with E-state index in [0.29, 0.717) is 27.0 Å². The van der Waals surface area contributed by atoms with Crippen molar-refractivity contribution in [2.24, 2.45) is 0 Å². The highest BCUT2D eigenvalue weighted by molar-refractivity contribution is 6.30. The van der Waals surface area contributed by atoms with Crippen molar-refractivity contribution >= 4 is 58.2 Å². The number of ketones is 1. The zero-order chi connectivity index (χ0) is 42.3. The maximum absolute atomic E-state index is 13.0. The summed E-state index contributed by atoms with van der Waals surface area (Å²) in [6.45, 7) is 8.84. The molecule has 2 heterocycles. The average molecular weight is 828 g/mol. The fourth-order valence-corrected chi connectivity index (χ4v) is 5.91. The van der Waals surface area contributed by atoms with Crippen molar-refractivity contribution in [2.45, 2.75) is 59.8 Å². The van der Waals surface area contributed by atoms with Crippen LogP contribution in [0.5, 0.6) is 0 Å². The van der Waals surface area contributed by atoms with Crippen LogP contribution in [0.4, 0.5) is 23.3 Å². The Morgan fingerprint density at radius 3 is 1.24 bits per heavy atom. The SMILES string of the molecule is CC(=O)c1ccc(Nc2nc(=O)n(C(C)C)c(=O)n2Cc2ccc(Cl)cc2)cc1.CC(C)n1c(=O)nc(Nc2ccc(C(=O)O)cc2)n(Cc2ccc(Cl)cc2)c1=O. The summed E-state index contributed by atoms with van der Waals surface area (Å²) in [5, 5.41) is 16.1. The maximum Gasteiger partial charge on any atom is 0.355 e. The Labute approximate surface area is 341 Å². The number of carboxylic acids is 1. The first-order valence-electron chi connectivity index (χ1n) is 18.0. The van der Waals surface area contributed by atoms with Crippen LogP contribution in [0.15, 0.2) is 116 Å². The number of aromatic carboxylic acids is 1. The van der Waals surface area contributed by atoms with E-state index in [1.54, 1.807) is 88.4 Å². The predicted molar refractivity (Wildman–Crippen MR) is 224 cm³/mol. The van der Waals surface area contributed by atoms with Crippen molar-refractivity contribution < 1.29 is 14.7 Å². The van der Waals surface area contributed by atoms with Crippen molar-refractivity contribution in [3.63, 3.8) is 0 Å². The molecule has 0 amide bonds. The second-order valence-electron chi connectivity index (χ2n) is 13.6. The smallest absolute Gasteiger partial charge is 0.355 e. The lowest BCUT2D eigenvalue weighted by molar-refractivity contribution is 0.0696. The number of benzene rings is 4. The zero-order valence-corrected chi connectivity index (χ0v) is 33.7. The van der Waals surface area contributed by atoms with Gasteiger partial charge in [-0.3, -0.25) is 13.9 Å². The number of carbonyl (C=O) groups is 2. The van der Waals surface area contributed by atoms with E-state index in [-0.39, 0.29) is 48.4 Å². The fraction of sp³-hybridized carbons (Fsp3) is 0.220. The number of halogens is 2. The standard InChI is InChI=1S/C21H21ClN4O3.C20H19ClN4O4/c1-13(2)26-20(28)24-19(23-18-10-6-16(7-11-18)14(3)27)25(21(26)29)12-15-4-8-17(22)9-5-15;1-12(2)25-19(28)23-18(22-16-9-5-14(6-10-16)17(26)27)24(20(25)29)11-13-3-7-15(21)8-4-13/h4-11,13H,12H2,1-3H3,(H,23,24,28);3-10,12H,11H2,1-2H3,(H,26,27)(H,22,23,28). The average Bonchev–Trinajstić information content (AvgIpc) is 3.16. The van der Waals surface area contributed by atoms with E-state index >= 15 is 0 Å². The number of aromatic nitrogens is 6. The number of hydrogen-bond donors (Lipinski definition) is 3. The minimum Gasteiger partial charge on any atom is -0.478 e. The Morgan fingerprint density at radius 2 is 0.931 bits per heavy atom. The summed E-state index contributed by atoms with van der Waals surface area (Å²) < 4.78 is 4.95. The third-order valence-corrected chi connectivity index (χ3v) is 9.18. The molecule has 0 aliphatic heterocycles. The van der Waals surface area contributed by atoms with Crippen LogP contribution in [0.1, 0.15) is 78.5 Å². The number of Topliss-reactive ketones (excluding diaryl/α,β-unsaturated/α-hetero) is 1. The molecule has 0 spiro atoms. The van der Waals surface area contributed by atoms with Crippen LogP contribution in [0.3, 0.4) is 0 Å². The number of carboxylic acid groups (broad SMARTS) is 1. The van der Waals surface area contributed by atoms with Gasteiger partial charge in [0.15, 0.2) is 5.78 Å². The first kappa shape index (κ1) is 42.6. The van der Waals surface area contributed by atoms with Gasteiger partial charge in [-0.2, -0.15) is 9.97 Å². The van der Waals surface area contributed by atoms with Crippen LogP contribution in [0, 0.1) is 0 Å². The van der Waals surface area contributed by atoms with Gasteiger partial charge in [-0.05, 0) is 119 Å². The maximum atomic E-state index is 13.0. The van der Waals surface area contributed by atoms with E-state index in [4.69, 9.17) is 28.3 Å². The summed E-state index contributed by atoms with van der Waals surface area (Å²) in [5.41, 5.74) is 1.18. The molecular weight excluding hydrogens is 787 g/mol. The first-order chi connectivity index (χ1) is 27.5. The second-order valence-corrected chi connectivity index (χ2v) is 14.5. The summed E-state index contributed by atoms with van der Waals surface area (Å²) in [4.78, 5) is 81.4. The second kappa shape index (κ2) is 18.6. The van der Waals surface area contributed by atoms with Crippen LogP contribution in [0.25, 0.3) is 0 Å². The summed E-state index contributed by atoms with van der Waals surface area (Å²) in [6.07, 6.45) is 0. The Morgan fingerprint density at radius 1 is 0.586 bits per heavy atom. The van der Waals surface area contributed by atoms with Crippen molar-refractivity contribution in [3.8, 4) is 0 Å². The molecule has 0 saturated carbocycles. The molecule has 0 fully saturated rings. The number of carbonyl (C=O) groups excluding carboxylic acids is 1. The predicted octanol–water partition coefficient (Wildman–Crippen LogP) is 6.76. The molecule has 3 N–H and O–H groups in total. The van der Waals surface area contributed by atoms with Crippen molar-refractivity contribution in [3.05, 3.63) is 171 Å². The molecule has 4 aromatic carbocycles. The van der Waals surface area contributed by atoms with E-state index in [2.05, 4.69) is 20.6 Å². The van der Waals surface area contributed by atoms with E-state index in [0.717, 1.165) is 20.3 Å². The Hall–Kier alpha value is -6.58. The minimum atomic E-state index is -1.05. The fourth-order valence-electron chi connectivity index (χ4n) is 5.66. The third-order valence-electron chi connectivity index (χ3n) is 8.68. The number of nitrogens with one attached hydrogen (secondary N) is 2. The normalized spacial score (nSPS) is 10.9. The Balaban J connectivity index is 0.000000221. The molecule has 6 rings (SSSR count). The summed E-state index contributed by atoms with van der Waals surface area (Å²) >= 11 is 11.9. The lowest BCUT2D eigenvalue weighted by Gasteiger charge is -2.17. The molecule has 0 aliphatic rings. The lowest BCUT2D eigenvalue weighted by Crippen LogP contribution is -2.43. The number of nitrogens with zero attached hydrogens (tertiary/aromatic N) is 6. The number of hydrogen-bond acceptors (Lipinski definition) is 10. The van der Waals surface area contributed by atoms with E-state index < -0.39 is 28.7 Å². The van der Waals surface area contributed by atoms with Gasteiger partial charge < -0.3 is 15.7 Å². The van der Waals surface area contributed by atoms with E-state index in [9.17, 15) is 28.8 Å². The molecule has 300 valence electrons. The highest BCUT2D eigenvalue weighted by Crippen LogP contribution is 2.19. The van der Waals surface area contributed by atoms with Gasteiger partial charge in [0.05, 0.1) is 18.7 Å². The molecule has 2 aromatic heterocycles. The lowest BCUT2D eigenvalue weighted by atomic mass is 10.1. The molecule has 0 unspecified atom stereocenters. The van der Waals surface area contributed by atoms with Gasteiger partial charge in [-0.15, -0.1) is 0 Å². The van der Waals surface area contributed by atoms with Gasteiger partial charge in [-0.1, -0.05) is 47.5 Å². The molecule has 0 radical (unpaired) electrons. The molecule has 0 atom stereocenters. The van der Waals surface area contributed by atoms with Crippen LogP contribution in [-0.4, -0.2) is 45.1 Å². The van der Waals surface area contributed by atoms with Crippen LogP contribution < -0.4 is 33.4 Å². The van der Waals surface area contributed by atoms with Crippen LogP contribution in [0.2, 0.25) is 10.0 Å². The molecule has 0 bridgehead atoms. The minimum absolute atomic E-state index is 0.0474. The molecule has 15 nitrogen and oxygen atoms in total. The van der Waals surface area contributed by atoms with Crippen LogP contribution >= 0.6 is 23.2 Å². The van der Waals surface area contributed by atoms with Crippen molar-refractivity contribution in [1.29, 1.82) is 0 Å². The van der Waals surface area contributed by atoms with Gasteiger partial charge in [0, 0.05) is 39.1 Å². The number of rotatable bonds is 12. The molecule has 17 heteroatoms. The van der Waals surface area contributed by atoms with E-state index in [1.807, 2.05) is 12.1 Å². The Kier molecular flexibility index (Phi) is 13.6. The molecule has 0 saturated heterocycles. The van der Waals surface area contributed by atoms with Gasteiger partial charge in [0.25, 0.3) is 0 Å². The first-order valence-corrected chi connectivity index (χ1v) is 18.7. The summed E-state index contributed by atoms with van der Waals surface area (Å²) in [7, 11) is 0. The van der Waals surface area contributed by atoms with Gasteiger partial charge in [0.1, 0.15) is 0 Å². The number of anilines is 4. The molecular formula is C41H40Cl2N8O7. The summed E-state index contributed by atoms with van der Waals surface area (Å²) in [6, 6.07) is 26.0. The monoisotopic (exact) mass is 826 g/mol. The highest BCUT2D eigenvalue weighted by Gasteiger charge is 2.18. The van der Waals surface area contributed by atoms with Gasteiger partial charge in [-0.25, -0.2) is 33.1 Å².